The van der Waals surface area contributed by atoms with Gasteiger partial charge in [-0.15, -0.1) is 0 Å². The van der Waals surface area contributed by atoms with Crippen LogP contribution in [0.25, 0.3) is 0 Å². The second-order valence-corrected chi connectivity index (χ2v) is 8.08. The fourth-order valence-electron chi connectivity index (χ4n) is 2.96. The molecule has 27 heavy (non-hydrogen) atoms. The van der Waals surface area contributed by atoms with Crippen molar-refractivity contribution in [2.75, 3.05) is 24.5 Å². The molecule has 0 aliphatic carbocycles. The highest BCUT2D eigenvalue weighted by atomic mass is 32.2. The van der Waals surface area contributed by atoms with Crippen LogP contribution in [0.1, 0.15) is 35.2 Å². The summed E-state index contributed by atoms with van der Waals surface area (Å²) in [5.74, 6) is 0.433. The number of aromatic nitrogens is 2. The number of nitrogens with one attached hydrogen (secondary N) is 1. The van der Waals surface area contributed by atoms with Crippen molar-refractivity contribution < 1.29 is 13.2 Å². The molecular formula is C18H23N5O3S. The molecule has 1 aromatic carbocycles. The highest BCUT2D eigenvalue weighted by Gasteiger charge is 2.14. The van der Waals surface area contributed by atoms with Crippen LogP contribution in [0.4, 0.5) is 5.95 Å². The molecule has 1 amide bonds. The summed E-state index contributed by atoms with van der Waals surface area (Å²) in [6, 6.07) is 6.28. The maximum atomic E-state index is 12.2. The number of nitrogens with zero attached hydrogens (tertiary/aromatic N) is 3. The predicted molar refractivity (Wildman–Crippen MR) is 102 cm³/mol. The van der Waals surface area contributed by atoms with E-state index in [0.717, 1.165) is 31.5 Å². The summed E-state index contributed by atoms with van der Waals surface area (Å²) in [4.78, 5) is 23.0. The number of amides is 1. The first-order valence-corrected chi connectivity index (χ1v) is 10.4. The van der Waals surface area contributed by atoms with E-state index in [1.807, 2.05) is 0 Å². The molecule has 1 aliphatic rings. The zero-order valence-corrected chi connectivity index (χ0v) is 15.8. The topological polar surface area (TPSA) is 118 Å². The molecule has 3 rings (SSSR count). The maximum absolute atomic E-state index is 12.2. The molecule has 1 fully saturated rings. The van der Waals surface area contributed by atoms with Crippen LogP contribution in [0.15, 0.2) is 41.6 Å². The molecular weight excluding hydrogens is 366 g/mol. The lowest BCUT2D eigenvalue weighted by Gasteiger charge is -2.26. The molecule has 3 N–H and O–H groups in total. The van der Waals surface area contributed by atoms with Gasteiger partial charge in [0, 0.05) is 32.0 Å². The van der Waals surface area contributed by atoms with Gasteiger partial charge in [0.25, 0.3) is 5.91 Å². The van der Waals surface area contributed by atoms with Gasteiger partial charge in [-0.1, -0.05) is 12.1 Å². The Morgan fingerprint density at radius 3 is 2.30 bits per heavy atom. The number of hydrogen-bond donors (Lipinski definition) is 2. The van der Waals surface area contributed by atoms with E-state index in [9.17, 15) is 13.2 Å². The number of piperidine rings is 1. The highest BCUT2D eigenvalue weighted by Crippen LogP contribution is 2.15. The van der Waals surface area contributed by atoms with E-state index in [-0.39, 0.29) is 10.8 Å². The number of carbonyl (C=O) groups is 1. The minimum atomic E-state index is -3.69. The Bertz CT molecular complexity index is 876. The van der Waals surface area contributed by atoms with E-state index in [2.05, 4.69) is 20.2 Å². The molecule has 0 bridgehead atoms. The summed E-state index contributed by atoms with van der Waals surface area (Å²) >= 11 is 0. The minimum Gasteiger partial charge on any atom is -0.352 e. The number of benzene rings is 1. The van der Waals surface area contributed by atoms with Crippen LogP contribution in [0.2, 0.25) is 0 Å². The van der Waals surface area contributed by atoms with Gasteiger partial charge in [0.15, 0.2) is 0 Å². The number of hydrogen-bond acceptors (Lipinski definition) is 6. The molecule has 0 radical (unpaired) electrons. The smallest absolute Gasteiger partial charge is 0.254 e. The Balaban J connectivity index is 1.50. The fraction of sp³-hybridized carbons (Fsp3) is 0.389. The van der Waals surface area contributed by atoms with Crippen LogP contribution < -0.4 is 15.4 Å². The summed E-state index contributed by atoms with van der Waals surface area (Å²) in [5, 5.41) is 7.89. The van der Waals surface area contributed by atoms with Crippen molar-refractivity contribution >= 4 is 21.9 Å². The lowest BCUT2D eigenvalue weighted by Crippen LogP contribution is -2.31. The zero-order valence-electron chi connectivity index (χ0n) is 15.0. The number of carbonyl (C=O) groups excluding carboxylic acids is 1. The van der Waals surface area contributed by atoms with Gasteiger partial charge in [-0.05, 0) is 43.4 Å². The van der Waals surface area contributed by atoms with Crippen molar-refractivity contribution in [1.29, 1.82) is 0 Å². The van der Waals surface area contributed by atoms with Gasteiger partial charge in [0.05, 0.1) is 10.5 Å². The van der Waals surface area contributed by atoms with Crippen molar-refractivity contribution in [3.8, 4) is 0 Å². The van der Waals surface area contributed by atoms with Crippen molar-refractivity contribution in [1.82, 2.24) is 15.3 Å². The zero-order chi connectivity index (χ0) is 19.3. The van der Waals surface area contributed by atoms with Gasteiger partial charge in [-0.3, -0.25) is 4.79 Å². The Morgan fingerprint density at radius 2 is 1.70 bits per heavy atom. The Labute approximate surface area is 158 Å². The minimum absolute atomic E-state index is 0.0706. The average molecular weight is 389 g/mol. The SMILES string of the molecule is NS(=O)(=O)c1ccc(CCNC(=O)c2cnc(N3CCCCC3)nc2)cc1. The van der Waals surface area contributed by atoms with E-state index in [1.165, 1.54) is 18.6 Å². The number of primary sulfonamides is 1. The standard InChI is InChI=1S/C18H23N5O3S/c19-27(25,26)16-6-4-14(5-7-16)8-9-20-17(24)15-12-21-18(22-13-15)23-10-2-1-3-11-23/h4-7,12-13H,1-3,8-11H2,(H,20,24)(H2,19,25,26). The van der Waals surface area contributed by atoms with Crippen LogP contribution in [0.3, 0.4) is 0 Å². The molecule has 9 heteroatoms. The normalized spacial score (nSPS) is 14.8. The monoisotopic (exact) mass is 389 g/mol. The van der Waals surface area contributed by atoms with Gasteiger partial charge in [-0.25, -0.2) is 23.5 Å². The van der Waals surface area contributed by atoms with Crippen LogP contribution in [-0.4, -0.2) is 43.9 Å². The third-order valence-corrected chi connectivity index (χ3v) is 5.42. The van der Waals surface area contributed by atoms with Crippen LogP contribution in [0.5, 0.6) is 0 Å². The molecule has 0 atom stereocenters. The first-order valence-electron chi connectivity index (χ1n) is 8.90. The molecule has 1 aliphatic heterocycles. The van der Waals surface area contributed by atoms with E-state index in [1.54, 1.807) is 24.5 Å². The highest BCUT2D eigenvalue weighted by molar-refractivity contribution is 7.89. The molecule has 1 aromatic heterocycles. The Kier molecular flexibility index (Phi) is 6.02. The number of sulfonamides is 1. The molecule has 1 saturated heterocycles. The molecule has 2 heterocycles. The lowest BCUT2D eigenvalue weighted by atomic mass is 10.1. The second-order valence-electron chi connectivity index (χ2n) is 6.51. The molecule has 0 unspecified atom stereocenters. The van der Waals surface area contributed by atoms with Gasteiger partial charge in [0.2, 0.25) is 16.0 Å². The third-order valence-electron chi connectivity index (χ3n) is 4.49. The lowest BCUT2D eigenvalue weighted by molar-refractivity contribution is 0.0953. The second kappa shape index (κ2) is 8.45. The summed E-state index contributed by atoms with van der Waals surface area (Å²) in [6.07, 6.45) is 7.19. The van der Waals surface area contributed by atoms with E-state index in [4.69, 9.17) is 5.14 Å². The molecule has 2 aromatic rings. The largest absolute Gasteiger partial charge is 0.352 e. The number of rotatable bonds is 6. The third kappa shape index (κ3) is 5.24. The van der Waals surface area contributed by atoms with E-state index >= 15 is 0 Å². The van der Waals surface area contributed by atoms with Crippen LogP contribution in [0, 0.1) is 0 Å². The van der Waals surface area contributed by atoms with Crippen LogP contribution in [-0.2, 0) is 16.4 Å². The summed E-state index contributed by atoms with van der Waals surface area (Å²) < 4.78 is 22.5. The van der Waals surface area contributed by atoms with Crippen LogP contribution >= 0.6 is 0 Å². The number of anilines is 1. The van der Waals surface area contributed by atoms with Gasteiger partial charge in [0.1, 0.15) is 0 Å². The van der Waals surface area contributed by atoms with Gasteiger partial charge >= 0.3 is 0 Å². The Morgan fingerprint density at radius 1 is 1.07 bits per heavy atom. The van der Waals surface area contributed by atoms with E-state index in [0.29, 0.717) is 24.5 Å². The molecule has 8 nitrogen and oxygen atoms in total. The van der Waals surface area contributed by atoms with Crippen molar-refractivity contribution in [3.05, 3.63) is 47.8 Å². The average Bonchev–Trinajstić information content (AvgIpc) is 2.68. The first kappa shape index (κ1) is 19.2. The van der Waals surface area contributed by atoms with Gasteiger partial charge in [-0.2, -0.15) is 0 Å². The van der Waals surface area contributed by atoms with Crippen molar-refractivity contribution in [2.45, 2.75) is 30.6 Å². The van der Waals surface area contributed by atoms with E-state index < -0.39 is 10.0 Å². The number of nitrogens with two attached hydrogens (primary N) is 1. The first-order chi connectivity index (χ1) is 12.9. The van der Waals surface area contributed by atoms with Gasteiger partial charge < -0.3 is 10.2 Å². The predicted octanol–water partition coefficient (Wildman–Crippen LogP) is 1.09. The summed E-state index contributed by atoms with van der Waals surface area (Å²) in [5.41, 5.74) is 1.32. The van der Waals surface area contributed by atoms with Crippen molar-refractivity contribution in [3.63, 3.8) is 0 Å². The molecule has 0 saturated carbocycles. The summed E-state index contributed by atoms with van der Waals surface area (Å²) in [6.45, 7) is 2.33. The van der Waals surface area contributed by atoms with Crippen molar-refractivity contribution in [2.24, 2.45) is 5.14 Å². The molecule has 144 valence electrons. The quantitative estimate of drug-likeness (QED) is 0.763. The fourth-order valence-corrected chi connectivity index (χ4v) is 3.48. The Hall–Kier alpha value is -2.52. The molecule has 0 spiro atoms. The summed E-state index contributed by atoms with van der Waals surface area (Å²) in [7, 11) is -3.69. The maximum Gasteiger partial charge on any atom is 0.254 e.